The van der Waals surface area contributed by atoms with Gasteiger partial charge in [0, 0.05) is 19.1 Å². The second-order valence-corrected chi connectivity index (χ2v) is 5.24. The van der Waals surface area contributed by atoms with Gasteiger partial charge >= 0.3 is 0 Å². The van der Waals surface area contributed by atoms with Crippen LogP contribution in [0.1, 0.15) is 25.3 Å². The monoisotopic (exact) mass is 278 g/mol. The highest BCUT2D eigenvalue weighted by Crippen LogP contribution is 2.27. The van der Waals surface area contributed by atoms with E-state index in [9.17, 15) is 0 Å². The molecule has 4 nitrogen and oxygen atoms in total. The summed E-state index contributed by atoms with van der Waals surface area (Å²) in [5.41, 5.74) is 1.23. The molecule has 1 aromatic rings. The van der Waals surface area contributed by atoms with E-state index in [-0.39, 0.29) is 0 Å². The number of benzene rings is 1. The van der Waals surface area contributed by atoms with Crippen LogP contribution in [0, 0.1) is 0 Å². The van der Waals surface area contributed by atoms with Gasteiger partial charge in [0.2, 0.25) is 0 Å². The minimum atomic E-state index is 0.695. The summed E-state index contributed by atoms with van der Waals surface area (Å²) >= 11 is 0. The lowest BCUT2D eigenvalue weighted by molar-refractivity contribution is 0.260. The molecule has 0 radical (unpaired) electrons. The van der Waals surface area contributed by atoms with E-state index in [1.54, 1.807) is 14.2 Å². The Bertz CT molecular complexity index is 423. The Morgan fingerprint density at radius 3 is 2.75 bits per heavy atom. The first-order valence-corrected chi connectivity index (χ1v) is 7.44. The molecule has 20 heavy (non-hydrogen) atoms. The third kappa shape index (κ3) is 3.64. The number of hydrogen-bond donors (Lipinski definition) is 1. The third-order valence-electron chi connectivity index (χ3n) is 4.06. The normalized spacial score (nSPS) is 19.2. The Kier molecular flexibility index (Phi) is 5.68. The van der Waals surface area contributed by atoms with Crippen LogP contribution in [0.15, 0.2) is 18.2 Å². The molecule has 1 saturated heterocycles. The predicted octanol–water partition coefficient (Wildman–Crippen LogP) is 2.28. The SMILES string of the molecule is CCN1CCCC1CNCc1ccc(OC)c(OC)c1. The molecule has 4 heteroatoms. The molecule has 0 bridgehead atoms. The molecule has 0 amide bonds. The first-order valence-electron chi connectivity index (χ1n) is 7.44. The summed E-state index contributed by atoms with van der Waals surface area (Å²) in [6.07, 6.45) is 2.64. The number of hydrogen-bond acceptors (Lipinski definition) is 4. The molecule has 1 atom stereocenters. The number of nitrogens with zero attached hydrogens (tertiary/aromatic N) is 1. The molecule has 0 saturated carbocycles. The molecule has 1 N–H and O–H groups in total. The zero-order valence-corrected chi connectivity index (χ0v) is 12.8. The number of likely N-dealkylation sites (N-methyl/N-ethyl adjacent to an activating group) is 1. The van der Waals surface area contributed by atoms with Crippen LogP contribution < -0.4 is 14.8 Å². The van der Waals surface area contributed by atoms with Gasteiger partial charge in [-0.1, -0.05) is 13.0 Å². The van der Waals surface area contributed by atoms with Gasteiger partial charge in [0.1, 0.15) is 0 Å². The van der Waals surface area contributed by atoms with E-state index in [0.29, 0.717) is 6.04 Å². The highest BCUT2D eigenvalue weighted by atomic mass is 16.5. The smallest absolute Gasteiger partial charge is 0.161 e. The molecule has 1 unspecified atom stereocenters. The Balaban J connectivity index is 1.85. The van der Waals surface area contributed by atoms with E-state index in [2.05, 4.69) is 23.2 Å². The maximum atomic E-state index is 5.33. The number of nitrogens with one attached hydrogen (secondary N) is 1. The fraction of sp³-hybridized carbons (Fsp3) is 0.625. The lowest BCUT2D eigenvalue weighted by Crippen LogP contribution is -2.37. The summed E-state index contributed by atoms with van der Waals surface area (Å²) in [6, 6.07) is 6.78. The molecular formula is C16H26N2O2. The Morgan fingerprint density at radius 1 is 1.25 bits per heavy atom. The molecule has 2 rings (SSSR count). The van der Waals surface area contributed by atoms with Crippen molar-refractivity contribution in [2.24, 2.45) is 0 Å². The van der Waals surface area contributed by atoms with Crippen molar-refractivity contribution in [3.63, 3.8) is 0 Å². The van der Waals surface area contributed by atoms with Crippen molar-refractivity contribution < 1.29 is 9.47 Å². The number of methoxy groups -OCH3 is 2. The topological polar surface area (TPSA) is 33.7 Å². The highest BCUT2D eigenvalue weighted by Gasteiger charge is 2.22. The van der Waals surface area contributed by atoms with Gasteiger partial charge in [-0.25, -0.2) is 0 Å². The van der Waals surface area contributed by atoms with E-state index in [0.717, 1.165) is 31.1 Å². The van der Waals surface area contributed by atoms with Crippen molar-refractivity contribution in [1.82, 2.24) is 10.2 Å². The fourth-order valence-electron chi connectivity index (χ4n) is 2.92. The molecule has 1 aromatic carbocycles. The first kappa shape index (κ1) is 15.1. The third-order valence-corrected chi connectivity index (χ3v) is 4.06. The van der Waals surface area contributed by atoms with Crippen molar-refractivity contribution in [3.05, 3.63) is 23.8 Å². The average Bonchev–Trinajstić information content (AvgIpc) is 2.94. The van der Waals surface area contributed by atoms with Gasteiger partial charge in [0.05, 0.1) is 14.2 Å². The van der Waals surface area contributed by atoms with Crippen LogP contribution in [0.25, 0.3) is 0 Å². The van der Waals surface area contributed by atoms with Crippen LogP contribution in [0.4, 0.5) is 0 Å². The molecule has 0 aromatic heterocycles. The van der Waals surface area contributed by atoms with Crippen LogP contribution in [0.2, 0.25) is 0 Å². The van der Waals surface area contributed by atoms with Gasteiger partial charge in [-0.05, 0) is 43.6 Å². The Labute approximate surface area is 122 Å². The number of likely N-dealkylation sites (tertiary alicyclic amines) is 1. The van der Waals surface area contributed by atoms with Crippen LogP contribution in [0.5, 0.6) is 11.5 Å². The van der Waals surface area contributed by atoms with Gasteiger partial charge in [0.25, 0.3) is 0 Å². The maximum Gasteiger partial charge on any atom is 0.161 e. The lowest BCUT2D eigenvalue weighted by Gasteiger charge is -2.23. The second-order valence-electron chi connectivity index (χ2n) is 5.24. The van der Waals surface area contributed by atoms with Gasteiger partial charge in [0.15, 0.2) is 11.5 Å². The molecule has 1 aliphatic rings. The minimum Gasteiger partial charge on any atom is -0.493 e. The molecule has 112 valence electrons. The predicted molar refractivity (Wildman–Crippen MR) is 81.5 cm³/mol. The highest BCUT2D eigenvalue weighted by molar-refractivity contribution is 5.42. The number of rotatable bonds is 7. The van der Waals surface area contributed by atoms with Crippen LogP contribution in [-0.4, -0.2) is 44.8 Å². The minimum absolute atomic E-state index is 0.695. The van der Waals surface area contributed by atoms with E-state index >= 15 is 0 Å². The average molecular weight is 278 g/mol. The maximum absolute atomic E-state index is 5.33. The van der Waals surface area contributed by atoms with E-state index in [4.69, 9.17) is 9.47 Å². The van der Waals surface area contributed by atoms with E-state index in [1.807, 2.05) is 12.1 Å². The van der Waals surface area contributed by atoms with Crippen molar-refractivity contribution >= 4 is 0 Å². The van der Waals surface area contributed by atoms with Crippen LogP contribution in [-0.2, 0) is 6.54 Å². The Morgan fingerprint density at radius 2 is 2.05 bits per heavy atom. The summed E-state index contributed by atoms with van der Waals surface area (Å²) in [5.74, 6) is 1.58. The van der Waals surface area contributed by atoms with Gasteiger partial charge < -0.3 is 14.8 Å². The summed E-state index contributed by atoms with van der Waals surface area (Å²) < 4.78 is 10.6. The van der Waals surface area contributed by atoms with Crippen LogP contribution >= 0.6 is 0 Å². The van der Waals surface area contributed by atoms with E-state index in [1.165, 1.54) is 24.9 Å². The van der Waals surface area contributed by atoms with Crippen molar-refractivity contribution in [1.29, 1.82) is 0 Å². The van der Waals surface area contributed by atoms with Gasteiger partial charge in [-0.3, -0.25) is 4.90 Å². The first-order chi connectivity index (χ1) is 9.78. The van der Waals surface area contributed by atoms with Crippen molar-refractivity contribution in [2.75, 3.05) is 33.9 Å². The summed E-state index contributed by atoms with van der Waals surface area (Å²) in [6.45, 7) is 6.57. The largest absolute Gasteiger partial charge is 0.493 e. The van der Waals surface area contributed by atoms with E-state index < -0.39 is 0 Å². The molecular weight excluding hydrogens is 252 g/mol. The molecule has 0 aliphatic carbocycles. The molecule has 0 spiro atoms. The lowest BCUT2D eigenvalue weighted by atomic mass is 10.2. The zero-order valence-electron chi connectivity index (χ0n) is 12.8. The number of ether oxygens (including phenoxy) is 2. The summed E-state index contributed by atoms with van der Waals surface area (Å²) in [5, 5.41) is 3.56. The Hall–Kier alpha value is -1.26. The van der Waals surface area contributed by atoms with Crippen molar-refractivity contribution in [3.8, 4) is 11.5 Å². The standard InChI is InChI=1S/C16H26N2O2/c1-4-18-9-5-6-14(18)12-17-11-13-7-8-15(19-2)16(10-13)20-3/h7-8,10,14,17H,4-6,9,11-12H2,1-3H3. The van der Waals surface area contributed by atoms with Crippen LogP contribution in [0.3, 0.4) is 0 Å². The second kappa shape index (κ2) is 7.50. The molecule has 1 aliphatic heterocycles. The van der Waals surface area contributed by atoms with Crippen molar-refractivity contribution in [2.45, 2.75) is 32.4 Å². The van der Waals surface area contributed by atoms with Gasteiger partial charge in [-0.15, -0.1) is 0 Å². The molecule has 1 fully saturated rings. The quantitative estimate of drug-likeness (QED) is 0.829. The fourth-order valence-corrected chi connectivity index (χ4v) is 2.92. The molecule has 1 heterocycles. The van der Waals surface area contributed by atoms with Gasteiger partial charge in [-0.2, -0.15) is 0 Å². The summed E-state index contributed by atoms with van der Waals surface area (Å²) in [4.78, 5) is 2.56. The zero-order chi connectivity index (χ0) is 14.4. The summed E-state index contributed by atoms with van der Waals surface area (Å²) in [7, 11) is 3.34.